The number of methoxy groups -OCH3 is 1. The molecule has 1 aliphatic rings. The largest absolute Gasteiger partial charge is 0.496 e. The normalized spacial score (nSPS) is 22.6. The van der Waals surface area contributed by atoms with E-state index < -0.39 is 0 Å². The molecule has 0 bridgehead atoms. The molecule has 0 atom stereocenters. The first-order valence-electron chi connectivity index (χ1n) is 7.34. The Hall–Kier alpha value is -1.07. The molecule has 1 amide bonds. The molecule has 20 heavy (non-hydrogen) atoms. The molecule has 1 aromatic rings. The fourth-order valence-electron chi connectivity index (χ4n) is 2.78. The van der Waals surface area contributed by atoms with Crippen LogP contribution in [0, 0.1) is 0 Å². The van der Waals surface area contributed by atoms with E-state index in [1.165, 1.54) is 11.3 Å². The van der Waals surface area contributed by atoms with Gasteiger partial charge >= 0.3 is 0 Å². The van der Waals surface area contributed by atoms with Crippen LogP contribution in [0.4, 0.5) is 0 Å². The number of thiophene rings is 1. The van der Waals surface area contributed by atoms with Crippen molar-refractivity contribution in [3.8, 4) is 5.75 Å². The van der Waals surface area contributed by atoms with E-state index in [2.05, 4.69) is 6.92 Å². The highest BCUT2D eigenvalue weighted by atomic mass is 32.1. The predicted octanol–water partition coefficient (Wildman–Crippen LogP) is 2.88. The van der Waals surface area contributed by atoms with Crippen molar-refractivity contribution in [2.75, 3.05) is 13.7 Å². The highest BCUT2D eigenvalue weighted by Gasteiger charge is 2.28. The molecule has 0 radical (unpaired) electrons. The van der Waals surface area contributed by atoms with Crippen molar-refractivity contribution < 1.29 is 9.53 Å². The van der Waals surface area contributed by atoms with E-state index in [1.54, 1.807) is 7.11 Å². The number of nitrogens with two attached hydrogens (primary N) is 1. The van der Waals surface area contributed by atoms with Gasteiger partial charge in [0, 0.05) is 30.1 Å². The second-order valence-corrected chi connectivity index (χ2v) is 6.33. The molecule has 0 aliphatic heterocycles. The molecule has 1 heterocycles. The molecule has 1 fully saturated rings. The minimum absolute atomic E-state index is 0.139. The zero-order valence-electron chi connectivity index (χ0n) is 12.3. The first-order chi connectivity index (χ1) is 9.65. The minimum atomic E-state index is 0.139. The summed E-state index contributed by atoms with van der Waals surface area (Å²) in [5.41, 5.74) is 5.96. The standard InChI is InChI=1S/C15H24N2O2S/c1-3-8-17(12-6-4-11(16)5-7-12)15(18)14-9-13(19-2)10-20-14/h9-12H,3-8,16H2,1-2H3. The topological polar surface area (TPSA) is 55.6 Å². The van der Waals surface area contributed by atoms with Gasteiger partial charge in [0.25, 0.3) is 5.91 Å². The molecule has 112 valence electrons. The van der Waals surface area contributed by atoms with Crippen LogP contribution in [-0.4, -0.2) is 36.5 Å². The van der Waals surface area contributed by atoms with E-state index >= 15 is 0 Å². The van der Waals surface area contributed by atoms with Gasteiger partial charge in [0.15, 0.2) is 0 Å². The van der Waals surface area contributed by atoms with Gasteiger partial charge in [0.05, 0.1) is 12.0 Å². The highest BCUT2D eigenvalue weighted by Crippen LogP contribution is 2.27. The number of amides is 1. The fraction of sp³-hybridized carbons (Fsp3) is 0.667. The molecule has 1 aromatic heterocycles. The Bertz CT molecular complexity index is 439. The average Bonchev–Trinajstić information content (AvgIpc) is 2.94. The molecule has 1 aliphatic carbocycles. The average molecular weight is 296 g/mol. The van der Waals surface area contributed by atoms with E-state index in [1.807, 2.05) is 16.3 Å². The molecule has 0 saturated heterocycles. The van der Waals surface area contributed by atoms with E-state index in [9.17, 15) is 4.79 Å². The van der Waals surface area contributed by atoms with Crippen LogP contribution in [0.2, 0.25) is 0 Å². The van der Waals surface area contributed by atoms with E-state index in [0.29, 0.717) is 12.1 Å². The molecule has 0 aromatic carbocycles. The lowest BCUT2D eigenvalue weighted by atomic mass is 9.90. The van der Waals surface area contributed by atoms with Crippen molar-refractivity contribution in [2.24, 2.45) is 5.73 Å². The van der Waals surface area contributed by atoms with Gasteiger partial charge in [-0.05, 0) is 32.1 Å². The summed E-state index contributed by atoms with van der Waals surface area (Å²) in [5, 5.41) is 1.88. The van der Waals surface area contributed by atoms with E-state index in [-0.39, 0.29) is 5.91 Å². The molecule has 0 unspecified atom stereocenters. The van der Waals surface area contributed by atoms with Crippen molar-refractivity contribution in [3.05, 3.63) is 16.3 Å². The van der Waals surface area contributed by atoms with Crippen LogP contribution < -0.4 is 10.5 Å². The maximum absolute atomic E-state index is 12.7. The Labute approximate surface area is 124 Å². The van der Waals surface area contributed by atoms with Gasteiger partial charge < -0.3 is 15.4 Å². The van der Waals surface area contributed by atoms with Crippen LogP contribution in [0.25, 0.3) is 0 Å². The smallest absolute Gasteiger partial charge is 0.264 e. The second-order valence-electron chi connectivity index (χ2n) is 5.42. The third-order valence-corrected chi connectivity index (χ3v) is 4.83. The monoisotopic (exact) mass is 296 g/mol. The number of rotatable bonds is 5. The Balaban J connectivity index is 2.08. The molecule has 5 heteroatoms. The Morgan fingerprint density at radius 3 is 2.70 bits per heavy atom. The second kappa shape index (κ2) is 7.09. The lowest BCUT2D eigenvalue weighted by molar-refractivity contribution is 0.0631. The van der Waals surface area contributed by atoms with Gasteiger partial charge in [0.2, 0.25) is 0 Å². The number of carbonyl (C=O) groups excluding carboxylic acids is 1. The number of hydrogen-bond acceptors (Lipinski definition) is 4. The summed E-state index contributed by atoms with van der Waals surface area (Å²) in [7, 11) is 1.63. The maximum Gasteiger partial charge on any atom is 0.264 e. The van der Waals surface area contributed by atoms with Crippen molar-refractivity contribution in [2.45, 2.75) is 51.1 Å². The third kappa shape index (κ3) is 3.52. The van der Waals surface area contributed by atoms with Crippen LogP contribution >= 0.6 is 11.3 Å². The summed E-state index contributed by atoms with van der Waals surface area (Å²) in [5.74, 6) is 0.904. The first-order valence-corrected chi connectivity index (χ1v) is 8.22. The van der Waals surface area contributed by atoms with Gasteiger partial charge in [-0.2, -0.15) is 0 Å². The van der Waals surface area contributed by atoms with Crippen molar-refractivity contribution in [1.29, 1.82) is 0 Å². The van der Waals surface area contributed by atoms with Crippen LogP contribution in [0.3, 0.4) is 0 Å². The lowest BCUT2D eigenvalue weighted by Gasteiger charge is -2.35. The van der Waals surface area contributed by atoms with Crippen molar-refractivity contribution >= 4 is 17.2 Å². The molecule has 4 nitrogen and oxygen atoms in total. The summed E-state index contributed by atoms with van der Waals surface area (Å²) in [6, 6.07) is 2.49. The van der Waals surface area contributed by atoms with E-state index in [4.69, 9.17) is 10.5 Å². The van der Waals surface area contributed by atoms with Crippen molar-refractivity contribution in [1.82, 2.24) is 4.90 Å². The van der Waals surface area contributed by atoms with Gasteiger partial charge in [0.1, 0.15) is 5.75 Å². The SMILES string of the molecule is CCCN(C(=O)c1cc(OC)cs1)C1CCC(N)CC1. The first kappa shape index (κ1) is 15.3. The summed E-state index contributed by atoms with van der Waals surface area (Å²) in [6.45, 7) is 2.93. The Kier molecular flexibility index (Phi) is 5.43. The van der Waals surface area contributed by atoms with Gasteiger partial charge in [-0.3, -0.25) is 4.79 Å². The summed E-state index contributed by atoms with van der Waals surface area (Å²) >= 11 is 1.46. The van der Waals surface area contributed by atoms with Gasteiger partial charge in [-0.1, -0.05) is 6.92 Å². The lowest BCUT2D eigenvalue weighted by Crippen LogP contribution is -2.44. The molecule has 2 N–H and O–H groups in total. The fourth-order valence-corrected chi connectivity index (χ4v) is 3.59. The Morgan fingerprint density at radius 2 is 2.15 bits per heavy atom. The van der Waals surface area contributed by atoms with Crippen LogP contribution in [0.15, 0.2) is 11.4 Å². The number of hydrogen-bond donors (Lipinski definition) is 1. The quantitative estimate of drug-likeness (QED) is 0.909. The third-order valence-electron chi connectivity index (χ3n) is 3.93. The summed E-state index contributed by atoms with van der Waals surface area (Å²) in [6.07, 6.45) is 5.07. The van der Waals surface area contributed by atoms with Crippen LogP contribution in [0.5, 0.6) is 5.75 Å². The molecule has 1 saturated carbocycles. The Morgan fingerprint density at radius 1 is 1.45 bits per heavy atom. The van der Waals surface area contributed by atoms with Crippen LogP contribution in [-0.2, 0) is 0 Å². The molecular weight excluding hydrogens is 272 g/mol. The number of ether oxygens (including phenoxy) is 1. The predicted molar refractivity (Wildman–Crippen MR) is 82.4 cm³/mol. The highest BCUT2D eigenvalue weighted by molar-refractivity contribution is 7.12. The zero-order chi connectivity index (χ0) is 14.5. The maximum atomic E-state index is 12.7. The van der Waals surface area contributed by atoms with Gasteiger partial charge in [-0.15, -0.1) is 11.3 Å². The summed E-state index contributed by atoms with van der Waals surface area (Å²) in [4.78, 5) is 15.5. The summed E-state index contributed by atoms with van der Waals surface area (Å²) < 4.78 is 5.17. The molecule has 2 rings (SSSR count). The number of nitrogens with zero attached hydrogens (tertiary/aromatic N) is 1. The van der Waals surface area contributed by atoms with Crippen molar-refractivity contribution in [3.63, 3.8) is 0 Å². The molecule has 0 spiro atoms. The molecular formula is C15H24N2O2S. The van der Waals surface area contributed by atoms with Gasteiger partial charge in [-0.25, -0.2) is 0 Å². The number of carbonyl (C=O) groups is 1. The zero-order valence-corrected chi connectivity index (χ0v) is 13.1. The van der Waals surface area contributed by atoms with Crippen LogP contribution in [0.1, 0.15) is 48.7 Å². The minimum Gasteiger partial charge on any atom is -0.496 e. The van der Waals surface area contributed by atoms with E-state index in [0.717, 1.165) is 49.3 Å².